The minimum Gasteiger partial charge on any atom is -0.488 e. The number of aryl methyl sites for hydroxylation is 1. The second-order valence-electron chi connectivity index (χ2n) is 4.40. The summed E-state index contributed by atoms with van der Waals surface area (Å²) in [6, 6.07) is 11.8. The summed E-state index contributed by atoms with van der Waals surface area (Å²) in [4.78, 5) is 21.7. The normalized spacial score (nSPS) is 10.1. The lowest BCUT2D eigenvalue weighted by Crippen LogP contribution is -2.01. The molecule has 0 aliphatic heterocycles. The van der Waals surface area contributed by atoms with E-state index in [9.17, 15) is 9.59 Å². The molecule has 0 radical (unpaired) electrons. The maximum Gasteiger partial charge on any atom is 0.335 e. The Morgan fingerprint density at radius 3 is 2.50 bits per heavy atom. The van der Waals surface area contributed by atoms with Crippen LogP contribution >= 0.6 is 0 Å². The van der Waals surface area contributed by atoms with Crippen LogP contribution in [0.1, 0.15) is 31.8 Å². The van der Waals surface area contributed by atoms with E-state index < -0.39 is 5.97 Å². The highest BCUT2D eigenvalue weighted by atomic mass is 16.5. The first-order valence-electron chi connectivity index (χ1n) is 6.11. The Morgan fingerprint density at radius 2 is 1.90 bits per heavy atom. The van der Waals surface area contributed by atoms with Crippen LogP contribution in [-0.4, -0.2) is 17.4 Å². The van der Waals surface area contributed by atoms with E-state index in [1.54, 1.807) is 24.3 Å². The summed E-state index contributed by atoms with van der Waals surface area (Å²) in [5, 5.41) is 8.82. The summed E-state index contributed by atoms with van der Waals surface area (Å²) in [6.07, 6.45) is 0.760. The van der Waals surface area contributed by atoms with Gasteiger partial charge >= 0.3 is 5.97 Å². The fourth-order valence-electron chi connectivity index (χ4n) is 1.86. The number of hydrogen-bond donors (Lipinski definition) is 1. The van der Waals surface area contributed by atoms with E-state index in [4.69, 9.17) is 9.84 Å². The average Bonchev–Trinajstić information content (AvgIpc) is 2.46. The molecule has 2 aromatic rings. The van der Waals surface area contributed by atoms with Gasteiger partial charge in [-0.3, -0.25) is 4.79 Å². The van der Waals surface area contributed by atoms with E-state index in [1.165, 1.54) is 12.1 Å². The molecule has 0 amide bonds. The van der Waals surface area contributed by atoms with Crippen molar-refractivity contribution in [3.05, 3.63) is 64.7 Å². The van der Waals surface area contributed by atoms with Crippen molar-refractivity contribution in [2.24, 2.45) is 0 Å². The Labute approximate surface area is 116 Å². The number of carbonyl (C=O) groups excluding carboxylic acids is 1. The van der Waals surface area contributed by atoms with Gasteiger partial charge in [0.2, 0.25) is 0 Å². The molecule has 1 N–H and O–H groups in total. The molecule has 0 saturated carbocycles. The van der Waals surface area contributed by atoms with E-state index in [1.807, 2.05) is 13.0 Å². The molecule has 0 aromatic heterocycles. The SMILES string of the molecule is Cc1cccc(C=O)c1OCc1ccc(C(=O)O)cc1. The first kappa shape index (κ1) is 13.8. The third-order valence-corrected chi connectivity index (χ3v) is 2.95. The Morgan fingerprint density at radius 1 is 1.20 bits per heavy atom. The Balaban J connectivity index is 2.13. The van der Waals surface area contributed by atoms with E-state index >= 15 is 0 Å². The predicted molar refractivity (Wildman–Crippen MR) is 74.3 cm³/mol. The second kappa shape index (κ2) is 6.02. The predicted octanol–water partition coefficient (Wildman–Crippen LogP) is 3.08. The minimum absolute atomic E-state index is 0.234. The van der Waals surface area contributed by atoms with Gasteiger partial charge in [0.25, 0.3) is 0 Å². The number of rotatable bonds is 5. The quantitative estimate of drug-likeness (QED) is 0.848. The molecule has 20 heavy (non-hydrogen) atoms. The molecule has 0 saturated heterocycles. The first-order chi connectivity index (χ1) is 9.61. The van der Waals surface area contributed by atoms with Gasteiger partial charge in [-0.15, -0.1) is 0 Å². The van der Waals surface area contributed by atoms with Gasteiger partial charge in [-0.25, -0.2) is 4.79 Å². The van der Waals surface area contributed by atoms with Crippen LogP contribution in [0.2, 0.25) is 0 Å². The number of carboxylic acid groups (broad SMARTS) is 1. The first-order valence-corrected chi connectivity index (χ1v) is 6.11. The third kappa shape index (κ3) is 3.03. The van der Waals surface area contributed by atoms with Crippen LogP contribution in [0.15, 0.2) is 42.5 Å². The van der Waals surface area contributed by atoms with Gasteiger partial charge in [-0.2, -0.15) is 0 Å². The van der Waals surface area contributed by atoms with E-state index in [0.717, 1.165) is 17.4 Å². The number of aldehydes is 1. The van der Waals surface area contributed by atoms with Crippen molar-refractivity contribution in [3.8, 4) is 5.75 Å². The zero-order valence-corrected chi connectivity index (χ0v) is 11.0. The van der Waals surface area contributed by atoms with Crippen LogP contribution in [0.4, 0.5) is 0 Å². The van der Waals surface area contributed by atoms with Crippen LogP contribution in [0.5, 0.6) is 5.75 Å². The highest BCUT2D eigenvalue weighted by Crippen LogP contribution is 2.23. The number of para-hydroxylation sites is 1. The number of carbonyl (C=O) groups is 2. The van der Waals surface area contributed by atoms with E-state index in [-0.39, 0.29) is 12.2 Å². The number of aromatic carboxylic acids is 1. The molecule has 0 aliphatic carbocycles. The fraction of sp³-hybridized carbons (Fsp3) is 0.125. The van der Waals surface area contributed by atoms with Crippen LogP contribution in [0.25, 0.3) is 0 Å². The summed E-state index contributed by atoms with van der Waals surface area (Å²) in [5.41, 5.74) is 2.47. The molecule has 0 aliphatic rings. The minimum atomic E-state index is -0.959. The Kier molecular flexibility index (Phi) is 4.15. The highest BCUT2D eigenvalue weighted by Gasteiger charge is 2.07. The molecule has 0 fully saturated rings. The van der Waals surface area contributed by atoms with E-state index in [2.05, 4.69) is 0 Å². The smallest absolute Gasteiger partial charge is 0.335 e. The monoisotopic (exact) mass is 270 g/mol. The Bertz CT molecular complexity index is 629. The van der Waals surface area contributed by atoms with Crippen LogP contribution in [0.3, 0.4) is 0 Å². The van der Waals surface area contributed by atoms with Gasteiger partial charge in [0.1, 0.15) is 12.4 Å². The fourth-order valence-corrected chi connectivity index (χ4v) is 1.86. The number of ether oxygens (including phenoxy) is 1. The number of carboxylic acids is 1. The van der Waals surface area contributed by atoms with Gasteiger partial charge < -0.3 is 9.84 Å². The lowest BCUT2D eigenvalue weighted by atomic mass is 10.1. The molecule has 0 unspecified atom stereocenters. The Hall–Kier alpha value is -2.62. The molecule has 0 spiro atoms. The summed E-state index contributed by atoms with van der Waals surface area (Å²) in [7, 11) is 0. The van der Waals surface area contributed by atoms with Crippen molar-refractivity contribution < 1.29 is 19.4 Å². The summed E-state index contributed by atoms with van der Waals surface area (Å²) in [5.74, 6) is -0.399. The maximum atomic E-state index is 11.0. The van der Waals surface area contributed by atoms with Gasteiger partial charge in [0, 0.05) is 0 Å². The van der Waals surface area contributed by atoms with Crippen LogP contribution < -0.4 is 4.74 Å². The van der Waals surface area contributed by atoms with Crippen molar-refractivity contribution in [3.63, 3.8) is 0 Å². The van der Waals surface area contributed by atoms with Gasteiger partial charge in [-0.05, 0) is 36.2 Å². The third-order valence-electron chi connectivity index (χ3n) is 2.95. The van der Waals surface area contributed by atoms with E-state index in [0.29, 0.717) is 11.3 Å². The van der Waals surface area contributed by atoms with Crippen LogP contribution in [-0.2, 0) is 6.61 Å². The summed E-state index contributed by atoms with van der Waals surface area (Å²) < 4.78 is 5.67. The molecule has 4 nitrogen and oxygen atoms in total. The molecule has 0 bridgehead atoms. The molecular weight excluding hydrogens is 256 g/mol. The largest absolute Gasteiger partial charge is 0.488 e. The standard InChI is InChI=1S/C16H14O4/c1-11-3-2-4-14(9-17)15(11)20-10-12-5-7-13(8-6-12)16(18)19/h2-9H,10H2,1H3,(H,18,19). The molecule has 102 valence electrons. The van der Waals surface area contributed by atoms with Crippen molar-refractivity contribution >= 4 is 12.3 Å². The molecular formula is C16H14O4. The topological polar surface area (TPSA) is 63.6 Å². The zero-order chi connectivity index (χ0) is 14.5. The summed E-state index contributed by atoms with van der Waals surface area (Å²) >= 11 is 0. The zero-order valence-electron chi connectivity index (χ0n) is 11.0. The van der Waals surface area contributed by atoms with Crippen LogP contribution in [0, 0.1) is 6.92 Å². The van der Waals surface area contributed by atoms with Crippen molar-refractivity contribution in [2.75, 3.05) is 0 Å². The van der Waals surface area contributed by atoms with Crippen molar-refractivity contribution in [1.82, 2.24) is 0 Å². The van der Waals surface area contributed by atoms with Crippen molar-refractivity contribution in [1.29, 1.82) is 0 Å². The average molecular weight is 270 g/mol. The van der Waals surface area contributed by atoms with Gasteiger partial charge in [0.15, 0.2) is 6.29 Å². The number of hydrogen-bond acceptors (Lipinski definition) is 3. The number of benzene rings is 2. The molecule has 0 heterocycles. The molecule has 2 rings (SSSR count). The molecule has 0 atom stereocenters. The second-order valence-corrected chi connectivity index (χ2v) is 4.40. The van der Waals surface area contributed by atoms with Gasteiger partial charge in [0.05, 0.1) is 11.1 Å². The maximum absolute atomic E-state index is 11.0. The van der Waals surface area contributed by atoms with Crippen molar-refractivity contribution in [2.45, 2.75) is 13.5 Å². The lowest BCUT2D eigenvalue weighted by Gasteiger charge is -2.11. The molecule has 4 heteroatoms. The highest BCUT2D eigenvalue weighted by molar-refractivity contribution is 5.87. The summed E-state index contributed by atoms with van der Waals surface area (Å²) in [6.45, 7) is 2.15. The lowest BCUT2D eigenvalue weighted by molar-refractivity contribution is 0.0696. The van der Waals surface area contributed by atoms with Gasteiger partial charge in [-0.1, -0.05) is 24.3 Å². The molecule has 2 aromatic carbocycles.